The molecular formula is C72H50N2O2. The molecule has 2 heterocycles. The van der Waals surface area contributed by atoms with E-state index in [1.54, 1.807) is 0 Å². The average molecular weight is 975 g/mol. The maximum Gasteiger partial charge on any atom is 0.143 e. The molecule has 0 bridgehead atoms. The van der Waals surface area contributed by atoms with Crippen LogP contribution in [-0.4, -0.2) is 0 Å². The molecule has 0 saturated carbocycles. The molecule has 360 valence electrons. The molecule has 0 saturated heterocycles. The lowest BCUT2D eigenvalue weighted by Crippen LogP contribution is -2.17. The van der Waals surface area contributed by atoms with Gasteiger partial charge in [-0.05, 0) is 136 Å². The summed E-state index contributed by atoms with van der Waals surface area (Å²) < 4.78 is 12.8. The molecule has 76 heavy (non-hydrogen) atoms. The zero-order valence-electron chi connectivity index (χ0n) is 41.7. The van der Waals surface area contributed by atoms with Crippen molar-refractivity contribution >= 4 is 77.9 Å². The molecular weight excluding hydrogens is 925 g/mol. The third kappa shape index (κ3) is 8.23. The standard InChI is InChI=1S/C72H50N2O2/c1-3-13-57(14-4-1)73(61-45-37-55(38-46-61)63-19-11-21-67-65-17-7-9-23-69(65)75-71(63)67)59-41-33-53(34-42-59)51-29-25-49(26-30-51)50-27-31-52(32-28-50)54-35-43-60(44-36-54)74(58-15-5-2-6-16-58)62-47-39-56(40-48-62)64-20-12-22-68-66-18-8-10-24-70(66)76-72(64)68/h1-39,41-47H,40,48H2. The lowest BCUT2D eigenvalue weighted by molar-refractivity contribution is 0.667. The quantitative estimate of drug-likeness (QED) is 0.129. The Labute approximate surface area is 442 Å². The molecule has 1 aliphatic rings. The van der Waals surface area contributed by atoms with Gasteiger partial charge in [-0.3, -0.25) is 0 Å². The van der Waals surface area contributed by atoms with Crippen molar-refractivity contribution < 1.29 is 8.83 Å². The van der Waals surface area contributed by atoms with E-state index in [9.17, 15) is 0 Å². The number of benzene rings is 11. The highest BCUT2D eigenvalue weighted by molar-refractivity contribution is 6.10. The Hall–Kier alpha value is -9.90. The second kappa shape index (κ2) is 19.2. The largest absolute Gasteiger partial charge is 0.455 e. The SMILES string of the molecule is C1=C(c2cccc3c2oc2ccccc23)CCC(N(c2ccccc2)c2ccc(-c3ccc(-c4ccc(-c5ccc(N(c6ccccc6)c6ccc(-c7cccc8c7oc7ccccc78)cc6)cc5)cc4)cc3)cc2)=C1. The van der Waals surface area contributed by atoms with Gasteiger partial charge in [-0.15, -0.1) is 0 Å². The molecule has 4 nitrogen and oxygen atoms in total. The summed E-state index contributed by atoms with van der Waals surface area (Å²) in [7, 11) is 0. The molecule has 4 heteroatoms. The number of fused-ring (bicyclic) bond motifs is 6. The van der Waals surface area contributed by atoms with E-state index < -0.39 is 0 Å². The minimum atomic E-state index is 0.905. The predicted molar refractivity (Wildman–Crippen MR) is 318 cm³/mol. The molecule has 13 aromatic rings. The minimum absolute atomic E-state index is 0.905. The van der Waals surface area contributed by atoms with Gasteiger partial charge in [-0.2, -0.15) is 0 Å². The van der Waals surface area contributed by atoms with Crippen LogP contribution in [0.5, 0.6) is 0 Å². The molecule has 14 rings (SSSR count). The van der Waals surface area contributed by atoms with Gasteiger partial charge in [0, 0.05) is 66.8 Å². The molecule has 0 fully saturated rings. The number of anilines is 5. The summed E-state index contributed by atoms with van der Waals surface area (Å²) in [5.41, 5.74) is 22.3. The van der Waals surface area contributed by atoms with Crippen LogP contribution >= 0.6 is 0 Å². The topological polar surface area (TPSA) is 32.8 Å². The van der Waals surface area contributed by atoms with Crippen LogP contribution in [0.1, 0.15) is 18.4 Å². The first-order valence-electron chi connectivity index (χ1n) is 26.1. The fraction of sp³-hybridized carbons (Fsp3) is 0.0278. The second-order valence-electron chi connectivity index (χ2n) is 19.5. The van der Waals surface area contributed by atoms with Crippen molar-refractivity contribution in [3.8, 4) is 44.5 Å². The molecule has 11 aromatic carbocycles. The van der Waals surface area contributed by atoms with Gasteiger partial charge in [0.25, 0.3) is 0 Å². The summed E-state index contributed by atoms with van der Waals surface area (Å²) in [4.78, 5) is 4.70. The van der Waals surface area contributed by atoms with Crippen molar-refractivity contribution in [2.75, 3.05) is 9.80 Å². The van der Waals surface area contributed by atoms with Gasteiger partial charge in [0.05, 0.1) is 0 Å². The number of allylic oxidation sites excluding steroid dienone is 4. The molecule has 0 N–H and O–H groups in total. The number of hydrogen-bond acceptors (Lipinski definition) is 4. The summed E-state index contributed by atoms with van der Waals surface area (Å²) >= 11 is 0. The van der Waals surface area contributed by atoms with Gasteiger partial charge in [0.15, 0.2) is 0 Å². The molecule has 0 atom stereocenters. The first-order valence-corrected chi connectivity index (χ1v) is 26.1. The monoisotopic (exact) mass is 974 g/mol. The fourth-order valence-corrected chi connectivity index (χ4v) is 11.2. The lowest BCUT2D eigenvalue weighted by Gasteiger charge is -2.30. The van der Waals surface area contributed by atoms with Crippen LogP contribution in [-0.2, 0) is 0 Å². The fourth-order valence-electron chi connectivity index (χ4n) is 11.2. The van der Waals surface area contributed by atoms with Crippen molar-refractivity contribution in [3.05, 3.63) is 290 Å². The Morgan fingerprint density at radius 2 is 0.605 bits per heavy atom. The van der Waals surface area contributed by atoms with E-state index in [1.807, 2.05) is 18.2 Å². The maximum atomic E-state index is 6.42. The molecule has 0 unspecified atom stereocenters. The van der Waals surface area contributed by atoms with E-state index in [4.69, 9.17) is 8.83 Å². The third-order valence-electron chi connectivity index (χ3n) is 15.1. The summed E-state index contributed by atoms with van der Waals surface area (Å²) in [5.74, 6) is 0. The van der Waals surface area contributed by atoms with Crippen LogP contribution in [0.3, 0.4) is 0 Å². The zero-order valence-corrected chi connectivity index (χ0v) is 41.7. The van der Waals surface area contributed by atoms with Crippen LogP contribution in [0, 0.1) is 0 Å². The highest BCUT2D eigenvalue weighted by Crippen LogP contribution is 2.42. The Balaban J connectivity index is 0.678. The van der Waals surface area contributed by atoms with Crippen molar-refractivity contribution in [2.45, 2.75) is 12.8 Å². The second-order valence-corrected chi connectivity index (χ2v) is 19.5. The van der Waals surface area contributed by atoms with Gasteiger partial charge >= 0.3 is 0 Å². The molecule has 2 aromatic heterocycles. The molecule has 0 amide bonds. The lowest BCUT2D eigenvalue weighted by atomic mass is 9.93. The first kappa shape index (κ1) is 44.8. The van der Waals surface area contributed by atoms with Gasteiger partial charge in [0.1, 0.15) is 22.3 Å². The molecule has 0 radical (unpaired) electrons. The third-order valence-corrected chi connectivity index (χ3v) is 15.1. The Morgan fingerprint density at radius 3 is 1.07 bits per heavy atom. The summed E-state index contributed by atoms with van der Waals surface area (Å²) in [6, 6.07) is 95.2. The first-order chi connectivity index (χ1) is 37.7. The van der Waals surface area contributed by atoms with E-state index in [-0.39, 0.29) is 0 Å². The van der Waals surface area contributed by atoms with E-state index in [0.29, 0.717) is 0 Å². The van der Waals surface area contributed by atoms with Crippen molar-refractivity contribution in [1.82, 2.24) is 0 Å². The minimum Gasteiger partial charge on any atom is -0.455 e. The molecule has 1 aliphatic carbocycles. The molecule has 0 aliphatic heterocycles. The van der Waals surface area contributed by atoms with Crippen LogP contribution in [0.4, 0.5) is 28.4 Å². The highest BCUT2D eigenvalue weighted by Gasteiger charge is 2.21. The van der Waals surface area contributed by atoms with Crippen molar-refractivity contribution in [1.29, 1.82) is 0 Å². The maximum absolute atomic E-state index is 6.42. The van der Waals surface area contributed by atoms with Crippen LogP contribution in [0.2, 0.25) is 0 Å². The van der Waals surface area contributed by atoms with Crippen LogP contribution < -0.4 is 9.80 Å². The predicted octanol–water partition coefficient (Wildman–Crippen LogP) is 20.5. The number of furan rings is 2. The van der Waals surface area contributed by atoms with E-state index in [2.05, 4.69) is 271 Å². The number of para-hydroxylation sites is 6. The normalized spacial score (nSPS) is 12.5. The Bertz CT molecular complexity index is 4280. The average Bonchev–Trinajstić information content (AvgIpc) is 4.10. The van der Waals surface area contributed by atoms with Gasteiger partial charge in [-0.25, -0.2) is 0 Å². The van der Waals surface area contributed by atoms with E-state index in [1.165, 1.54) is 55.6 Å². The summed E-state index contributed by atoms with van der Waals surface area (Å²) in [6.07, 6.45) is 6.39. The van der Waals surface area contributed by atoms with Gasteiger partial charge in [0.2, 0.25) is 0 Å². The smallest absolute Gasteiger partial charge is 0.143 e. The van der Waals surface area contributed by atoms with Gasteiger partial charge < -0.3 is 18.6 Å². The van der Waals surface area contributed by atoms with E-state index in [0.717, 1.165) is 90.9 Å². The Kier molecular flexibility index (Phi) is 11.3. The Morgan fingerprint density at radius 1 is 0.250 bits per heavy atom. The summed E-state index contributed by atoms with van der Waals surface area (Å²) in [5, 5.41) is 4.59. The number of nitrogens with zero attached hydrogens (tertiary/aromatic N) is 2. The van der Waals surface area contributed by atoms with Crippen molar-refractivity contribution in [2.24, 2.45) is 0 Å². The zero-order chi connectivity index (χ0) is 50.4. The van der Waals surface area contributed by atoms with Crippen LogP contribution in [0.15, 0.2) is 294 Å². The summed E-state index contributed by atoms with van der Waals surface area (Å²) in [6.45, 7) is 0. The highest BCUT2D eigenvalue weighted by atomic mass is 16.3. The van der Waals surface area contributed by atoms with E-state index >= 15 is 0 Å². The van der Waals surface area contributed by atoms with Gasteiger partial charge in [-0.1, -0.05) is 200 Å². The molecule has 0 spiro atoms. The number of rotatable bonds is 11. The van der Waals surface area contributed by atoms with Crippen LogP contribution in [0.25, 0.3) is 94.0 Å². The van der Waals surface area contributed by atoms with Crippen molar-refractivity contribution in [3.63, 3.8) is 0 Å². The number of hydrogen-bond donors (Lipinski definition) is 0.